The molecule has 1 aromatic carbocycles. The molecule has 20 heavy (non-hydrogen) atoms. The Morgan fingerprint density at radius 1 is 1.45 bits per heavy atom. The second kappa shape index (κ2) is 6.52. The van der Waals surface area contributed by atoms with E-state index >= 15 is 0 Å². The summed E-state index contributed by atoms with van der Waals surface area (Å²) in [6.07, 6.45) is 0.603. The molecule has 0 aliphatic rings. The number of amides is 1. The van der Waals surface area contributed by atoms with Gasteiger partial charge in [-0.25, -0.2) is 4.98 Å². The SMILES string of the molecule is CNCC(C)C(=O)NCCc1nc2c(C)cccc2o1. The van der Waals surface area contributed by atoms with Crippen molar-refractivity contribution in [3.8, 4) is 0 Å². The van der Waals surface area contributed by atoms with Gasteiger partial charge in [-0.15, -0.1) is 0 Å². The first kappa shape index (κ1) is 14.5. The van der Waals surface area contributed by atoms with Crippen LogP contribution in [0.3, 0.4) is 0 Å². The van der Waals surface area contributed by atoms with Crippen molar-refractivity contribution in [1.82, 2.24) is 15.6 Å². The Bertz CT molecular complexity index is 592. The first-order valence-electron chi connectivity index (χ1n) is 6.89. The zero-order valence-corrected chi connectivity index (χ0v) is 12.2. The number of hydrogen-bond donors (Lipinski definition) is 2. The van der Waals surface area contributed by atoms with Gasteiger partial charge in [0.05, 0.1) is 0 Å². The van der Waals surface area contributed by atoms with Gasteiger partial charge in [0.25, 0.3) is 0 Å². The minimum Gasteiger partial charge on any atom is -0.441 e. The molecule has 1 amide bonds. The fourth-order valence-corrected chi connectivity index (χ4v) is 2.10. The van der Waals surface area contributed by atoms with E-state index in [9.17, 15) is 4.79 Å². The summed E-state index contributed by atoms with van der Waals surface area (Å²) in [4.78, 5) is 16.2. The molecule has 0 saturated carbocycles. The molecule has 0 saturated heterocycles. The summed E-state index contributed by atoms with van der Waals surface area (Å²) in [5, 5.41) is 5.88. The molecule has 5 heteroatoms. The van der Waals surface area contributed by atoms with E-state index in [0.717, 1.165) is 16.7 Å². The maximum absolute atomic E-state index is 11.7. The molecular weight excluding hydrogens is 254 g/mol. The Morgan fingerprint density at radius 2 is 2.25 bits per heavy atom. The predicted octanol–water partition coefficient (Wildman–Crippen LogP) is 1.65. The van der Waals surface area contributed by atoms with Crippen molar-refractivity contribution in [1.29, 1.82) is 0 Å². The van der Waals surface area contributed by atoms with Crippen LogP contribution in [0.15, 0.2) is 22.6 Å². The highest BCUT2D eigenvalue weighted by Crippen LogP contribution is 2.18. The van der Waals surface area contributed by atoms with Crippen LogP contribution in [0, 0.1) is 12.8 Å². The molecule has 0 aliphatic heterocycles. The molecule has 0 spiro atoms. The number of oxazole rings is 1. The summed E-state index contributed by atoms with van der Waals surface area (Å²) in [6.45, 7) is 5.12. The Kier molecular flexibility index (Phi) is 4.74. The Balaban J connectivity index is 1.90. The van der Waals surface area contributed by atoms with Crippen LogP contribution in [0.2, 0.25) is 0 Å². The summed E-state index contributed by atoms with van der Waals surface area (Å²) in [6, 6.07) is 5.87. The summed E-state index contributed by atoms with van der Waals surface area (Å²) in [5.41, 5.74) is 2.80. The van der Waals surface area contributed by atoms with Gasteiger partial charge >= 0.3 is 0 Å². The van der Waals surface area contributed by atoms with E-state index < -0.39 is 0 Å². The van der Waals surface area contributed by atoms with E-state index in [1.807, 2.05) is 39.1 Å². The van der Waals surface area contributed by atoms with Crippen molar-refractivity contribution in [2.24, 2.45) is 5.92 Å². The number of fused-ring (bicyclic) bond motifs is 1. The van der Waals surface area contributed by atoms with Crippen LogP contribution < -0.4 is 10.6 Å². The van der Waals surface area contributed by atoms with Gasteiger partial charge in [-0.1, -0.05) is 19.1 Å². The molecule has 0 radical (unpaired) electrons. The number of aryl methyl sites for hydroxylation is 1. The highest BCUT2D eigenvalue weighted by atomic mass is 16.3. The number of nitrogens with zero attached hydrogens (tertiary/aromatic N) is 1. The molecule has 0 bridgehead atoms. The standard InChI is InChI=1S/C15H21N3O2/c1-10-5-4-6-12-14(10)18-13(20-12)7-8-17-15(19)11(2)9-16-3/h4-6,11,16H,7-9H2,1-3H3,(H,17,19). The number of para-hydroxylation sites is 1. The van der Waals surface area contributed by atoms with Gasteiger partial charge in [0.2, 0.25) is 5.91 Å². The maximum atomic E-state index is 11.7. The number of carbonyl (C=O) groups excluding carboxylic acids is 1. The van der Waals surface area contributed by atoms with Crippen LogP contribution in [0.5, 0.6) is 0 Å². The molecule has 1 unspecified atom stereocenters. The first-order chi connectivity index (χ1) is 9.61. The lowest BCUT2D eigenvalue weighted by Crippen LogP contribution is -2.35. The van der Waals surface area contributed by atoms with Crippen molar-refractivity contribution in [2.45, 2.75) is 20.3 Å². The van der Waals surface area contributed by atoms with E-state index in [2.05, 4.69) is 15.6 Å². The van der Waals surface area contributed by atoms with Gasteiger partial charge in [-0.2, -0.15) is 0 Å². The quantitative estimate of drug-likeness (QED) is 0.841. The van der Waals surface area contributed by atoms with E-state index in [-0.39, 0.29) is 11.8 Å². The van der Waals surface area contributed by atoms with Crippen molar-refractivity contribution in [3.05, 3.63) is 29.7 Å². The largest absolute Gasteiger partial charge is 0.441 e. The van der Waals surface area contributed by atoms with Gasteiger partial charge in [0.1, 0.15) is 5.52 Å². The number of rotatable bonds is 6. The van der Waals surface area contributed by atoms with Gasteiger partial charge < -0.3 is 15.1 Å². The Morgan fingerprint density at radius 3 is 2.95 bits per heavy atom. The van der Waals surface area contributed by atoms with Crippen LogP contribution in [0.4, 0.5) is 0 Å². The molecule has 2 N–H and O–H groups in total. The molecule has 1 aromatic heterocycles. The van der Waals surface area contributed by atoms with Crippen molar-refractivity contribution >= 4 is 17.0 Å². The van der Waals surface area contributed by atoms with E-state index in [0.29, 0.717) is 25.4 Å². The van der Waals surface area contributed by atoms with Gasteiger partial charge in [0.15, 0.2) is 11.5 Å². The zero-order valence-electron chi connectivity index (χ0n) is 12.2. The molecule has 108 valence electrons. The lowest BCUT2D eigenvalue weighted by Gasteiger charge is -2.10. The number of aromatic nitrogens is 1. The van der Waals surface area contributed by atoms with Crippen LogP contribution >= 0.6 is 0 Å². The third-order valence-corrected chi connectivity index (χ3v) is 3.26. The summed E-state index contributed by atoms with van der Waals surface area (Å²) in [5.74, 6) is 0.674. The molecular formula is C15H21N3O2. The van der Waals surface area contributed by atoms with Gasteiger partial charge in [0, 0.05) is 25.4 Å². The Hall–Kier alpha value is -1.88. The number of carbonyl (C=O) groups is 1. The van der Waals surface area contributed by atoms with Crippen LogP contribution in [-0.4, -0.2) is 31.0 Å². The van der Waals surface area contributed by atoms with Crippen molar-refractivity contribution in [3.63, 3.8) is 0 Å². The van der Waals surface area contributed by atoms with Crippen molar-refractivity contribution in [2.75, 3.05) is 20.1 Å². The van der Waals surface area contributed by atoms with Crippen molar-refractivity contribution < 1.29 is 9.21 Å². The monoisotopic (exact) mass is 275 g/mol. The fraction of sp³-hybridized carbons (Fsp3) is 0.467. The third-order valence-electron chi connectivity index (χ3n) is 3.26. The van der Waals surface area contributed by atoms with Crippen LogP contribution in [0.25, 0.3) is 11.1 Å². The zero-order chi connectivity index (χ0) is 14.5. The van der Waals surface area contributed by atoms with Gasteiger partial charge in [-0.05, 0) is 25.6 Å². The average molecular weight is 275 g/mol. The first-order valence-corrected chi connectivity index (χ1v) is 6.89. The molecule has 1 heterocycles. The molecule has 5 nitrogen and oxygen atoms in total. The maximum Gasteiger partial charge on any atom is 0.224 e. The second-order valence-corrected chi connectivity index (χ2v) is 5.03. The highest BCUT2D eigenvalue weighted by molar-refractivity contribution is 5.78. The molecule has 2 rings (SSSR count). The van der Waals surface area contributed by atoms with Crippen LogP contribution in [0.1, 0.15) is 18.4 Å². The lowest BCUT2D eigenvalue weighted by atomic mass is 10.1. The Labute approximate surface area is 118 Å². The summed E-state index contributed by atoms with van der Waals surface area (Å²) < 4.78 is 5.66. The number of hydrogen-bond acceptors (Lipinski definition) is 4. The molecule has 0 fully saturated rings. The smallest absolute Gasteiger partial charge is 0.224 e. The predicted molar refractivity (Wildman–Crippen MR) is 78.6 cm³/mol. The number of nitrogens with one attached hydrogen (secondary N) is 2. The minimum absolute atomic E-state index is 0.0362. The van der Waals surface area contributed by atoms with E-state index in [1.165, 1.54) is 0 Å². The molecule has 2 aromatic rings. The third kappa shape index (κ3) is 3.36. The van der Waals surface area contributed by atoms with E-state index in [1.54, 1.807) is 0 Å². The topological polar surface area (TPSA) is 67.2 Å². The lowest BCUT2D eigenvalue weighted by molar-refractivity contribution is -0.124. The number of benzene rings is 1. The average Bonchev–Trinajstić information content (AvgIpc) is 2.83. The van der Waals surface area contributed by atoms with Crippen LogP contribution in [-0.2, 0) is 11.2 Å². The summed E-state index contributed by atoms with van der Waals surface area (Å²) >= 11 is 0. The summed E-state index contributed by atoms with van der Waals surface area (Å²) in [7, 11) is 1.84. The fourth-order valence-electron chi connectivity index (χ4n) is 2.10. The normalized spacial score (nSPS) is 12.6. The van der Waals surface area contributed by atoms with Gasteiger partial charge in [-0.3, -0.25) is 4.79 Å². The minimum atomic E-state index is -0.0362. The van der Waals surface area contributed by atoms with E-state index in [4.69, 9.17) is 4.42 Å². The highest BCUT2D eigenvalue weighted by Gasteiger charge is 2.12. The molecule has 0 aliphatic carbocycles. The second-order valence-electron chi connectivity index (χ2n) is 5.03. The molecule has 1 atom stereocenters.